The maximum absolute atomic E-state index is 13.2. The Balaban J connectivity index is 1.57. The van der Waals surface area contributed by atoms with Gasteiger partial charge in [-0.05, 0) is 32.4 Å². The van der Waals surface area contributed by atoms with Crippen molar-refractivity contribution in [3.8, 4) is 5.75 Å². The van der Waals surface area contributed by atoms with Gasteiger partial charge in [-0.15, -0.1) is 0 Å². The number of ether oxygens (including phenoxy) is 1. The molecule has 0 aliphatic carbocycles. The lowest BCUT2D eigenvalue weighted by Crippen LogP contribution is -2.39. The van der Waals surface area contributed by atoms with E-state index < -0.39 is 5.60 Å². The predicted octanol–water partition coefficient (Wildman–Crippen LogP) is 2.18. The summed E-state index contributed by atoms with van der Waals surface area (Å²) in [6.45, 7) is 6.24. The van der Waals surface area contributed by atoms with Crippen molar-refractivity contribution in [3.63, 3.8) is 0 Å². The van der Waals surface area contributed by atoms with Gasteiger partial charge in [0.25, 0.3) is 0 Å². The molecule has 1 aromatic carbocycles. The molecule has 0 saturated carbocycles. The molecule has 0 spiro atoms. The van der Waals surface area contributed by atoms with E-state index in [1.54, 1.807) is 12.1 Å². The Morgan fingerprint density at radius 3 is 2.96 bits per heavy atom. The molecular formula is C17H22FN3O2. The number of hydrogen-bond donors (Lipinski definition) is 2. The summed E-state index contributed by atoms with van der Waals surface area (Å²) in [4.78, 5) is 2.19. The number of rotatable bonds is 5. The largest absolute Gasteiger partial charge is 0.490 e. The monoisotopic (exact) mass is 319 g/mol. The second kappa shape index (κ2) is 6.29. The second-order valence-electron chi connectivity index (χ2n) is 6.34. The normalized spacial score (nSPS) is 21.7. The van der Waals surface area contributed by atoms with Crippen LogP contribution in [0.3, 0.4) is 0 Å². The Morgan fingerprint density at radius 2 is 2.26 bits per heavy atom. The highest BCUT2D eigenvalue weighted by atomic mass is 19.1. The van der Waals surface area contributed by atoms with Gasteiger partial charge in [0.05, 0.1) is 5.69 Å². The third-order valence-electron chi connectivity index (χ3n) is 4.38. The molecule has 124 valence electrons. The van der Waals surface area contributed by atoms with Gasteiger partial charge in [0, 0.05) is 37.0 Å². The van der Waals surface area contributed by atoms with Gasteiger partial charge in [-0.1, -0.05) is 6.07 Å². The molecule has 0 unspecified atom stereocenters. The zero-order valence-corrected chi connectivity index (χ0v) is 13.5. The van der Waals surface area contributed by atoms with Crippen LogP contribution in [0.1, 0.15) is 23.4 Å². The number of H-pyrrole nitrogens is 1. The standard InChI is InChI=1S/C17H22FN3O2/c1-12-16(13(2)20-19-12)9-21-7-6-17(22,10-21)11-23-15-5-3-4-14(18)8-15/h3-5,8,22H,6-7,9-11H2,1-2H3,(H,19,20)/t17-/m1/s1. The third-order valence-corrected chi connectivity index (χ3v) is 4.38. The van der Waals surface area contributed by atoms with Crippen LogP contribution in [0.2, 0.25) is 0 Å². The number of nitrogens with one attached hydrogen (secondary N) is 1. The van der Waals surface area contributed by atoms with Gasteiger partial charge in [0.1, 0.15) is 23.8 Å². The first-order chi connectivity index (χ1) is 11.0. The molecule has 0 radical (unpaired) electrons. The smallest absolute Gasteiger partial charge is 0.126 e. The molecule has 6 heteroatoms. The molecule has 1 aliphatic heterocycles. The predicted molar refractivity (Wildman–Crippen MR) is 84.8 cm³/mol. The van der Waals surface area contributed by atoms with Gasteiger partial charge in [0.2, 0.25) is 0 Å². The van der Waals surface area contributed by atoms with Gasteiger partial charge >= 0.3 is 0 Å². The maximum Gasteiger partial charge on any atom is 0.126 e. The number of halogens is 1. The van der Waals surface area contributed by atoms with Crippen molar-refractivity contribution in [2.45, 2.75) is 32.4 Å². The lowest BCUT2D eigenvalue weighted by molar-refractivity contribution is 0.00326. The van der Waals surface area contributed by atoms with Crippen molar-refractivity contribution in [1.82, 2.24) is 15.1 Å². The zero-order valence-electron chi connectivity index (χ0n) is 13.5. The van der Waals surface area contributed by atoms with Crippen LogP contribution in [0.25, 0.3) is 0 Å². The number of aromatic nitrogens is 2. The van der Waals surface area contributed by atoms with Crippen molar-refractivity contribution in [2.75, 3.05) is 19.7 Å². The number of aliphatic hydroxyl groups is 1. The number of hydrogen-bond acceptors (Lipinski definition) is 4. The summed E-state index contributed by atoms with van der Waals surface area (Å²) >= 11 is 0. The van der Waals surface area contributed by atoms with E-state index in [2.05, 4.69) is 15.1 Å². The van der Waals surface area contributed by atoms with E-state index in [4.69, 9.17) is 4.74 Å². The molecule has 0 amide bonds. The first-order valence-electron chi connectivity index (χ1n) is 7.79. The van der Waals surface area contributed by atoms with Crippen LogP contribution in [-0.4, -0.2) is 45.5 Å². The van der Waals surface area contributed by atoms with Crippen molar-refractivity contribution in [3.05, 3.63) is 47.0 Å². The van der Waals surface area contributed by atoms with Crippen LogP contribution in [0.5, 0.6) is 5.75 Å². The average molecular weight is 319 g/mol. The zero-order chi connectivity index (χ0) is 16.4. The fourth-order valence-corrected chi connectivity index (χ4v) is 3.00. The first-order valence-corrected chi connectivity index (χ1v) is 7.79. The summed E-state index contributed by atoms with van der Waals surface area (Å²) in [7, 11) is 0. The first kappa shape index (κ1) is 16.0. The summed E-state index contributed by atoms with van der Waals surface area (Å²) in [5.74, 6) is 0.104. The van der Waals surface area contributed by atoms with E-state index in [1.165, 1.54) is 17.7 Å². The number of aryl methyl sites for hydroxylation is 2. The molecule has 1 saturated heterocycles. The molecule has 1 atom stereocenters. The summed E-state index contributed by atoms with van der Waals surface area (Å²) in [5.41, 5.74) is 2.33. The van der Waals surface area contributed by atoms with E-state index in [0.717, 1.165) is 24.5 Å². The molecule has 2 heterocycles. The Hall–Kier alpha value is -1.92. The summed E-state index contributed by atoms with van der Waals surface area (Å²) in [6, 6.07) is 5.99. The molecule has 23 heavy (non-hydrogen) atoms. The van der Waals surface area contributed by atoms with Crippen molar-refractivity contribution >= 4 is 0 Å². The Kier molecular flexibility index (Phi) is 4.37. The number of aromatic amines is 1. The van der Waals surface area contributed by atoms with E-state index in [-0.39, 0.29) is 12.4 Å². The summed E-state index contributed by atoms with van der Waals surface area (Å²) < 4.78 is 18.7. The van der Waals surface area contributed by atoms with Crippen LogP contribution in [-0.2, 0) is 6.54 Å². The van der Waals surface area contributed by atoms with E-state index in [0.29, 0.717) is 18.7 Å². The van der Waals surface area contributed by atoms with Gasteiger partial charge in [-0.3, -0.25) is 10.00 Å². The number of likely N-dealkylation sites (tertiary alicyclic amines) is 1. The highest BCUT2D eigenvalue weighted by molar-refractivity contribution is 5.24. The van der Waals surface area contributed by atoms with Gasteiger partial charge in [-0.25, -0.2) is 4.39 Å². The Morgan fingerprint density at radius 1 is 1.43 bits per heavy atom. The molecule has 3 rings (SSSR count). The highest BCUT2D eigenvalue weighted by Gasteiger charge is 2.37. The van der Waals surface area contributed by atoms with Crippen molar-refractivity contribution in [2.24, 2.45) is 0 Å². The molecule has 1 aromatic heterocycles. The van der Waals surface area contributed by atoms with Gasteiger partial charge in [-0.2, -0.15) is 5.10 Å². The van der Waals surface area contributed by atoms with Crippen LogP contribution in [0, 0.1) is 19.7 Å². The molecule has 5 nitrogen and oxygen atoms in total. The Labute approximate surface area is 135 Å². The molecule has 1 fully saturated rings. The summed E-state index contributed by atoms with van der Waals surface area (Å²) in [5, 5.41) is 17.9. The number of β-amino-alcohol motifs (C(OH)–C–C–N with tert-alkyl or cyclic N) is 1. The summed E-state index contributed by atoms with van der Waals surface area (Å²) in [6.07, 6.45) is 0.637. The molecule has 2 N–H and O–H groups in total. The Bertz CT molecular complexity index is 669. The second-order valence-corrected chi connectivity index (χ2v) is 6.34. The third kappa shape index (κ3) is 3.71. The maximum atomic E-state index is 13.2. The average Bonchev–Trinajstić information content (AvgIpc) is 3.04. The van der Waals surface area contributed by atoms with Crippen LogP contribution in [0.15, 0.2) is 24.3 Å². The molecule has 2 aromatic rings. The minimum Gasteiger partial charge on any atom is -0.490 e. The van der Waals surface area contributed by atoms with Crippen LogP contribution in [0.4, 0.5) is 4.39 Å². The fourth-order valence-electron chi connectivity index (χ4n) is 3.00. The van der Waals surface area contributed by atoms with E-state index >= 15 is 0 Å². The van der Waals surface area contributed by atoms with Crippen molar-refractivity contribution < 1.29 is 14.2 Å². The number of benzene rings is 1. The highest BCUT2D eigenvalue weighted by Crippen LogP contribution is 2.25. The topological polar surface area (TPSA) is 61.4 Å². The molecule has 0 bridgehead atoms. The van der Waals surface area contributed by atoms with Crippen LogP contribution < -0.4 is 4.74 Å². The van der Waals surface area contributed by atoms with Crippen LogP contribution >= 0.6 is 0 Å². The lowest BCUT2D eigenvalue weighted by atomic mass is 10.1. The van der Waals surface area contributed by atoms with Crippen molar-refractivity contribution in [1.29, 1.82) is 0 Å². The van der Waals surface area contributed by atoms with Gasteiger partial charge < -0.3 is 9.84 Å². The van der Waals surface area contributed by atoms with Gasteiger partial charge in [0.15, 0.2) is 0 Å². The molecule has 1 aliphatic rings. The van der Waals surface area contributed by atoms with E-state index in [9.17, 15) is 9.50 Å². The number of nitrogens with zero attached hydrogens (tertiary/aromatic N) is 2. The lowest BCUT2D eigenvalue weighted by Gasteiger charge is -2.23. The minimum absolute atomic E-state index is 0.163. The molecular weight excluding hydrogens is 297 g/mol. The fraction of sp³-hybridized carbons (Fsp3) is 0.471. The SMILES string of the molecule is Cc1n[nH]c(C)c1CN1CC[C@](O)(COc2cccc(F)c2)C1. The van der Waals surface area contributed by atoms with E-state index in [1.807, 2.05) is 13.8 Å². The quantitative estimate of drug-likeness (QED) is 0.887. The minimum atomic E-state index is -0.905.